The number of fused-ring (bicyclic) bond motifs is 1. The SMILES string of the molecule is COC(C)c1nc(N)c2ncn([C@@H]3O[C@H](CO)C(O)C3O)c2n1. The Kier molecular flexibility index (Phi) is 4.17. The van der Waals surface area contributed by atoms with Crippen LogP contribution in [0, 0.1) is 0 Å². The second-order valence-electron chi connectivity index (χ2n) is 5.40. The van der Waals surface area contributed by atoms with Gasteiger partial charge in [0.05, 0.1) is 12.9 Å². The van der Waals surface area contributed by atoms with Crippen LogP contribution in [0.2, 0.25) is 0 Å². The highest BCUT2D eigenvalue weighted by Crippen LogP contribution is 2.32. The number of hydrogen-bond acceptors (Lipinski definition) is 9. The Morgan fingerprint density at radius 1 is 1.39 bits per heavy atom. The molecule has 5 N–H and O–H groups in total. The summed E-state index contributed by atoms with van der Waals surface area (Å²) in [4.78, 5) is 12.7. The number of nitrogens with zero attached hydrogens (tertiary/aromatic N) is 4. The molecular formula is C13H19N5O5. The first-order valence-electron chi connectivity index (χ1n) is 7.13. The second kappa shape index (κ2) is 5.98. The Balaban J connectivity index is 2.07. The highest BCUT2D eigenvalue weighted by atomic mass is 16.6. The number of nitrogen functional groups attached to an aromatic ring is 1. The first-order valence-corrected chi connectivity index (χ1v) is 7.13. The van der Waals surface area contributed by atoms with E-state index in [4.69, 9.17) is 15.2 Å². The van der Waals surface area contributed by atoms with E-state index in [2.05, 4.69) is 15.0 Å². The average Bonchev–Trinajstić information content (AvgIpc) is 3.09. The van der Waals surface area contributed by atoms with Crippen molar-refractivity contribution >= 4 is 17.0 Å². The highest BCUT2D eigenvalue weighted by Gasteiger charge is 2.44. The van der Waals surface area contributed by atoms with Crippen molar-refractivity contribution in [2.75, 3.05) is 19.5 Å². The van der Waals surface area contributed by atoms with Gasteiger partial charge in [0.2, 0.25) is 0 Å². The van der Waals surface area contributed by atoms with Gasteiger partial charge < -0.3 is 30.5 Å². The van der Waals surface area contributed by atoms with Gasteiger partial charge >= 0.3 is 0 Å². The van der Waals surface area contributed by atoms with Gasteiger partial charge in [-0.05, 0) is 6.92 Å². The summed E-state index contributed by atoms with van der Waals surface area (Å²) in [6, 6.07) is 0. The molecule has 10 heteroatoms. The molecule has 2 aromatic rings. The lowest BCUT2D eigenvalue weighted by molar-refractivity contribution is -0.0511. The fourth-order valence-corrected chi connectivity index (χ4v) is 2.54. The van der Waals surface area contributed by atoms with E-state index >= 15 is 0 Å². The number of aliphatic hydroxyl groups is 3. The maximum atomic E-state index is 10.2. The lowest BCUT2D eigenvalue weighted by Crippen LogP contribution is -2.33. The van der Waals surface area contributed by atoms with Gasteiger partial charge in [-0.3, -0.25) is 4.57 Å². The minimum absolute atomic E-state index is 0.180. The van der Waals surface area contributed by atoms with Crippen molar-refractivity contribution in [3.05, 3.63) is 12.2 Å². The molecule has 0 amide bonds. The molecule has 3 rings (SSSR count). The quantitative estimate of drug-likeness (QED) is 0.539. The zero-order chi connectivity index (χ0) is 16.7. The molecule has 0 radical (unpaired) electrons. The van der Waals surface area contributed by atoms with Crippen LogP contribution in [0.3, 0.4) is 0 Å². The van der Waals surface area contributed by atoms with Gasteiger partial charge in [-0.25, -0.2) is 15.0 Å². The molecule has 1 fully saturated rings. The van der Waals surface area contributed by atoms with Crippen molar-refractivity contribution < 1.29 is 24.8 Å². The van der Waals surface area contributed by atoms with Crippen LogP contribution < -0.4 is 5.73 Å². The monoisotopic (exact) mass is 325 g/mol. The fraction of sp³-hybridized carbons (Fsp3) is 0.615. The van der Waals surface area contributed by atoms with Crippen LogP contribution in [0.4, 0.5) is 5.82 Å². The predicted octanol–water partition coefficient (Wildman–Crippen LogP) is -1.27. The Bertz CT molecular complexity index is 707. The summed E-state index contributed by atoms with van der Waals surface area (Å²) in [6.07, 6.45) is -3.24. The number of methoxy groups -OCH3 is 1. The van der Waals surface area contributed by atoms with Crippen molar-refractivity contribution in [3.63, 3.8) is 0 Å². The molecule has 0 aliphatic carbocycles. The molecular weight excluding hydrogens is 306 g/mol. The van der Waals surface area contributed by atoms with Gasteiger partial charge in [0, 0.05) is 7.11 Å². The minimum Gasteiger partial charge on any atom is -0.394 e. The standard InChI is InChI=1S/C13H19N5O5/c1-5(22-2)11-16-10(14)7-12(17-11)18(4-15-7)13-9(21)8(20)6(3-19)23-13/h4-6,8-9,13,19-21H,3H2,1-2H3,(H2,14,16,17)/t5?,6-,8?,9?,13-/m1/s1. The zero-order valence-corrected chi connectivity index (χ0v) is 12.7. The number of nitrogens with two attached hydrogens (primary N) is 1. The topological polar surface area (TPSA) is 149 Å². The van der Waals surface area contributed by atoms with Gasteiger partial charge in [-0.1, -0.05) is 0 Å². The number of aliphatic hydroxyl groups excluding tert-OH is 3. The number of hydrogen-bond donors (Lipinski definition) is 4. The molecule has 126 valence electrons. The molecule has 0 aromatic carbocycles. The Morgan fingerprint density at radius 2 is 2.13 bits per heavy atom. The van der Waals surface area contributed by atoms with Gasteiger partial charge in [0.1, 0.15) is 29.9 Å². The molecule has 3 heterocycles. The summed E-state index contributed by atoms with van der Waals surface area (Å²) in [5, 5.41) is 29.2. The van der Waals surface area contributed by atoms with Crippen molar-refractivity contribution in [3.8, 4) is 0 Å². The van der Waals surface area contributed by atoms with E-state index in [0.717, 1.165) is 0 Å². The molecule has 1 aliphatic heterocycles. The normalized spacial score (nSPS) is 29.3. The lowest BCUT2D eigenvalue weighted by atomic mass is 10.1. The molecule has 0 spiro atoms. The Labute approximate surface area is 131 Å². The summed E-state index contributed by atoms with van der Waals surface area (Å²) in [5.41, 5.74) is 6.61. The van der Waals surface area contributed by atoms with E-state index in [9.17, 15) is 15.3 Å². The molecule has 1 saturated heterocycles. The summed E-state index contributed by atoms with van der Waals surface area (Å²) >= 11 is 0. The Morgan fingerprint density at radius 3 is 2.74 bits per heavy atom. The van der Waals surface area contributed by atoms with Crippen molar-refractivity contribution in [2.24, 2.45) is 0 Å². The third-order valence-corrected chi connectivity index (χ3v) is 3.97. The summed E-state index contributed by atoms with van der Waals surface area (Å²) in [5.74, 6) is 0.547. The van der Waals surface area contributed by atoms with E-state index in [0.29, 0.717) is 17.0 Å². The van der Waals surface area contributed by atoms with E-state index in [1.54, 1.807) is 6.92 Å². The predicted molar refractivity (Wildman–Crippen MR) is 78.2 cm³/mol. The number of ether oxygens (including phenoxy) is 2. The van der Waals surface area contributed by atoms with E-state index in [1.807, 2.05) is 0 Å². The van der Waals surface area contributed by atoms with Crippen molar-refractivity contribution in [2.45, 2.75) is 37.6 Å². The molecule has 0 saturated carbocycles. The van der Waals surface area contributed by atoms with E-state index in [1.165, 1.54) is 18.0 Å². The molecule has 10 nitrogen and oxygen atoms in total. The van der Waals surface area contributed by atoms with Gasteiger partial charge in [-0.2, -0.15) is 0 Å². The maximum Gasteiger partial charge on any atom is 0.168 e. The first-order chi connectivity index (χ1) is 11.0. The molecule has 5 atom stereocenters. The average molecular weight is 325 g/mol. The number of imidazole rings is 1. The molecule has 3 unspecified atom stereocenters. The van der Waals surface area contributed by atoms with Gasteiger partial charge in [0.25, 0.3) is 0 Å². The van der Waals surface area contributed by atoms with Gasteiger partial charge in [0.15, 0.2) is 23.5 Å². The minimum atomic E-state index is -1.23. The molecule has 1 aliphatic rings. The number of rotatable bonds is 4. The van der Waals surface area contributed by atoms with Crippen molar-refractivity contribution in [1.82, 2.24) is 19.5 Å². The second-order valence-corrected chi connectivity index (χ2v) is 5.40. The van der Waals surface area contributed by atoms with Crippen LogP contribution in [-0.4, -0.2) is 66.9 Å². The fourth-order valence-electron chi connectivity index (χ4n) is 2.54. The van der Waals surface area contributed by atoms with Crippen LogP contribution in [0.1, 0.15) is 25.1 Å². The number of aromatic nitrogens is 4. The smallest absolute Gasteiger partial charge is 0.168 e. The van der Waals surface area contributed by atoms with Crippen LogP contribution in [0.15, 0.2) is 6.33 Å². The van der Waals surface area contributed by atoms with E-state index < -0.39 is 31.1 Å². The summed E-state index contributed by atoms with van der Waals surface area (Å²) in [7, 11) is 1.53. The van der Waals surface area contributed by atoms with Gasteiger partial charge in [-0.15, -0.1) is 0 Å². The van der Waals surface area contributed by atoms with Crippen LogP contribution >= 0.6 is 0 Å². The lowest BCUT2D eigenvalue weighted by Gasteiger charge is -2.17. The van der Waals surface area contributed by atoms with Crippen LogP contribution in [0.5, 0.6) is 0 Å². The zero-order valence-electron chi connectivity index (χ0n) is 12.7. The summed E-state index contributed by atoms with van der Waals surface area (Å²) in [6.45, 7) is 1.36. The van der Waals surface area contributed by atoms with Crippen LogP contribution in [-0.2, 0) is 9.47 Å². The molecule has 0 bridgehead atoms. The third-order valence-electron chi connectivity index (χ3n) is 3.97. The largest absolute Gasteiger partial charge is 0.394 e. The van der Waals surface area contributed by atoms with Crippen LogP contribution in [0.25, 0.3) is 11.2 Å². The third kappa shape index (κ3) is 2.54. The highest BCUT2D eigenvalue weighted by molar-refractivity contribution is 5.81. The molecule has 2 aromatic heterocycles. The number of anilines is 1. The maximum absolute atomic E-state index is 10.2. The van der Waals surface area contributed by atoms with E-state index in [-0.39, 0.29) is 11.9 Å². The molecule has 23 heavy (non-hydrogen) atoms. The summed E-state index contributed by atoms with van der Waals surface area (Å²) < 4.78 is 12.1. The van der Waals surface area contributed by atoms with Crippen molar-refractivity contribution in [1.29, 1.82) is 0 Å². The first kappa shape index (κ1) is 16.0. The Hall–Kier alpha value is -1.85.